The quantitative estimate of drug-likeness (QED) is 0.327. The first kappa shape index (κ1) is 12.6. The molecule has 0 atom stereocenters. The van der Waals surface area contributed by atoms with Crippen molar-refractivity contribution in [2.24, 2.45) is 17.9 Å². The van der Waals surface area contributed by atoms with E-state index >= 15 is 0 Å². The second-order valence-corrected chi connectivity index (χ2v) is 3.83. The highest BCUT2D eigenvalue weighted by Gasteiger charge is 2.13. The van der Waals surface area contributed by atoms with Crippen LogP contribution in [0.1, 0.15) is 16.1 Å². The number of carbonyl (C=O) groups excluding carboxylic acids is 1. The Bertz CT molecular complexity index is 633. The summed E-state index contributed by atoms with van der Waals surface area (Å²) in [5.74, 6) is -0.390. The van der Waals surface area contributed by atoms with Gasteiger partial charge in [-0.3, -0.25) is 9.48 Å². The van der Waals surface area contributed by atoms with Gasteiger partial charge in [0.2, 0.25) is 0 Å². The molecule has 0 spiro atoms. The van der Waals surface area contributed by atoms with Crippen LogP contribution >= 0.6 is 0 Å². The Morgan fingerprint density at radius 2 is 2.16 bits per heavy atom. The van der Waals surface area contributed by atoms with Gasteiger partial charge in [0.15, 0.2) is 5.84 Å². The molecule has 1 amide bonds. The van der Waals surface area contributed by atoms with Crippen molar-refractivity contribution in [3.05, 3.63) is 47.8 Å². The predicted molar refractivity (Wildman–Crippen MR) is 70.1 cm³/mol. The Labute approximate surface area is 109 Å². The van der Waals surface area contributed by atoms with Gasteiger partial charge in [-0.05, 0) is 18.2 Å². The molecule has 7 heteroatoms. The van der Waals surface area contributed by atoms with Crippen molar-refractivity contribution >= 4 is 17.4 Å². The average Bonchev–Trinajstić information content (AvgIpc) is 2.85. The van der Waals surface area contributed by atoms with Crippen LogP contribution in [0.5, 0.6) is 0 Å². The first-order valence-corrected chi connectivity index (χ1v) is 5.49. The minimum absolute atomic E-state index is 0.0686. The van der Waals surface area contributed by atoms with Crippen molar-refractivity contribution in [1.82, 2.24) is 9.78 Å². The molecule has 1 aromatic heterocycles. The molecule has 98 valence electrons. The summed E-state index contributed by atoms with van der Waals surface area (Å²) in [6, 6.07) is 8.39. The summed E-state index contributed by atoms with van der Waals surface area (Å²) in [5.41, 5.74) is 6.87. The Kier molecular flexibility index (Phi) is 3.46. The van der Waals surface area contributed by atoms with E-state index < -0.39 is 0 Å². The third-order valence-electron chi connectivity index (χ3n) is 2.61. The molecule has 0 aliphatic heterocycles. The van der Waals surface area contributed by atoms with Gasteiger partial charge in [0, 0.05) is 18.8 Å². The second kappa shape index (κ2) is 5.21. The van der Waals surface area contributed by atoms with Crippen molar-refractivity contribution in [1.29, 1.82) is 0 Å². The predicted octanol–water partition coefficient (Wildman–Crippen LogP) is 0.767. The van der Waals surface area contributed by atoms with Gasteiger partial charge in [-0.25, -0.2) is 0 Å². The van der Waals surface area contributed by atoms with Gasteiger partial charge in [-0.15, -0.1) is 0 Å². The standard InChI is InChI=1S/C12H13N5O2/c1-17-10(6-7-14-17)12(18)15-9-5-3-2-4-8(9)11(13)16-19/h2-7,19H,1H3,(H2,13,16)(H,15,18). The van der Waals surface area contributed by atoms with Gasteiger partial charge >= 0.3 is 0 Å². The second-order valence-electron chi connectivity index (χ2n) is 3.83. The summed E-state index contributed by atoms with van der Waals surface area (Å²) < 4.78 is 1.46. The number of benzene rings is 1. The fourth-order valence-electron chi connectivity index (χ4n) is 1.65. The molecule has 1 aromatic carbocycles. The van der Waals surface area contributed by atoms with Crippen LogP contribution in [-0.4, -0.2) is 26.7 Å². The van der Waals surface area contributed by atoms with Gasteiger partial charge in [-0.2, -0.15) is 5.10 Å². The van der Waals surface area contributed by atoms with Crippen LogP contribution in [0.15, 0.2) is 41.7 Å². The average molecular weight is 259 g/mol. The molecular weight excluding hydrogens is 246 g/mol. The lowest BCUT2D eigenvalue weighted by Gasteiger charge is -2.09. The minimum Gasteiger partial charge on any atom is -0.409 e. The Balaban J connectivity index is 2.30. The number of oxime groups is 1. The van der Waals surface area contributed by atoms with Crippen molar-refractivity contribution in [3.8, 4) is 0 Å². The number of nitrogens with one attached hydrogen (secondary N) is 1. The van der Waals surface area contributed by atoms with E-state index in [1.54, 1.807) is 37.4 Å². The maximum absolute atomic E-state index is 12.0. The van der Waals surface area contributed by atoms with Crippen LogP contribution in [0.25, 0.3) is 0 Å². The highest BCUT2D eigenvalue weighted by atomic mass is 16.4. The number of amides is 1. The van der Waals surface area contributed by atoms with E-state index in [1.165, 1.54) is 10.9 Å². The minimum atomic E-state index is -0.321. The Morgan fingerprint density at radius 1 is 1.42 bits per heavy atom. The van der Waals surface area contributed by atoms with E-state index in [4.69, 9.17) is 10.9 Å². The fourth-order valence-corrected chi connectivity index (χ4v) is 1.65. The molecule has 0 fully saturated rings. The number of para-hydroxylation sites is 1. The third kappa shape index (κ3) is 2.54. The van der Waals surface area contributed by atoms with E-state index in [0.29, 0.717) is 16.9 Å². The molecule has 0 bridgehead atoms. The number of hydrogen-bond donors (Lipinski definition) is 3. The summed E-state index contributed by atoms with van der Waals surface area (Å²) in [6.07, 6.45) is 1.53. The molecule has 1 heterocycles. The molecule has 0 aliphatic rings. The largest absolute Gasteiger partial charge is 0.409 e. The zero-order valence-corrected chi connectivity index (χ0v) is 10.2. The molecule has 0 aliphatic carbocycles. The van der Waals surface area contributed by atoms with Crippen molar-refractivity contribution < 1.29 is 10.0 Å². The zero-order chi connectivity index (χ0) is 13.8. The van der Waals surface area contributed by atoms with E-state index in [9.17, 15) is 4.79 Å². The molecule has 4 N–H and O–H groups in total. The van der Waals surface area contributed by atoms with E-state index in [1.807, 2.05) is 0 Å². The fraction of sp³-hybridized carbons (Fsp3) is 0.0833. The molecule has 0 radical (unpaired) electrons. The van der Waals surface area contributed by atoms with Crippen LogP contribution in [0.4, 0.5) is 5.69 Å². The molecular formula is C12H13N5O2. The SMILES string of the molecule is Cn1nccc1C(=O)Nc1ccccc1C(N)=NO. The maximum Gasteiger partial charge on any atom is 0.273 e. The lowest BCUT2D eigenvalue weighted by molar-refractivity contribution is 0.101. The van der Waals surface area contributed by atoms with Crippen molar-refractivity contribution in [2.75, 3.05) is 5.32 Å². The highest BCUT2D eigenvalue weighted by molar-refractivity contribution is 6.09. The van der Waals surface area contributed by atoms with Crippen LogP contribution in [-0.2, 0) is 7.05 Å². The number of hydrogen-bond acceptors (Lipinski definition) is 4. The van der Waals surface area contributed by atoms with Crippen LogP contribution in [0.2, 0.25) is 0 Å². The molecule has 19 heavy (non-hydrogen) atoms. The molecule has 0 saturated carbocycles. The maximum atomic E-state index is 12.0. The van der Waals surface area contributed by atoms with Gasteiger partial charge in [-0.1, -0.05) is 17.3 Å². The summed E-state index contributed by atoms with van der Waals surface area (Å²) in [5, 5.41) is 18.3. The molecule has 0 saturated heterocycles. The highest BCUT2D eigenvalue weighted by Crippen LogP contribution is 2.15. The lowest BCUT2D eigenvalue weighted by Crippen LogP contribution is -2.20. The summed E-state index contributed by atoms with van der Waals surface area (Å²) in [4.78, 5) is 12.0. The number of aryl methyl sites for hydroxylation is 1. The Hall–Kier alpha value is -2.83. The van der Waals surface area contributed by atoms with Crippen LogP contribution < -0.4 is 11.1 Å². The normalized spacial score (nSPS) is 11.3. The number of amidine groups is 1. The van der Waals surface area contributed by atoms with Gasteiger partial charge in [0.1, 0.15) is 5.69 Å². The molecule has 2 aromatic rings. The van der Waals surface area contributed by atoms with E-state index in [-0.39, 0.29) is 11.7 Å². The number of aromatic nitrogens is 2. The topological polar surface area (TPSA) is 106 Å². The zero-order valence-electron chi connectivity index (χ0n) is 10.2. The summed E-state index contributed by atoms with van der Waals surface area (Å²) >= 11 is 0. The first-order chi connectivity index (χ1) is 9.13. The summed E-state index contributed by atoms with van der Waals surface area (Å²) in [7, 11) is 1.67. The number of rotatable bonds is 3. The Morgan fingerprint density at radius 3 is 2.79 bits per heavy atom. The summed E-state index contributed by atoms with van der Waals surface area (Å²) in [6.45, 7) is 0. The van der Waals surface area contributed by atoms with Gasteiger partial charge in [0.05, 0.1) is 5.69 Å². The lowest BCUT2D eigenvalue weighted by atomic mass is 10.1. The molecule has 0 unspecified atom stereocenters. The van der Waals surface area contributed by atoms with Crippen LogP contribution in [0.3, 0.4) is 0 Å². The number of nitrogens with zero attached hydrogens (tertiary/aromatic N) is 3. The van der Waals surface area contributed by atoms with Crippen LogP contribution in [0, 0.1) is 0 Å². The van der Waals surface area contributed by atoms with E-state index in [2.05, 4.69) is 15.6 Å². The smallest absolute Gasteiger partial charge is 0.273 e. The third-order valence-corrected chi connectivity index (χ3v) is 2.61. The number of nitrogens with two attached hydrogens (primary N) is 1. The number of carbonyl (C=O) groups is 1. The van der Waals surface area contributed by atoms with Gasteiger partial charge in [0.25, 0.3) is 5.91 Å². The molecule has 7 nitrogen and oxygen atoms in total. The monoisotopic (exact) mass is 259 g/mol. The first-order valence-electron chi connectivity index (χ1n) is 5.49. The van der Waals surface area contributed by atoms with Crippen molar-refractivity contribution in [3.63, 3.8) is 0 Å². The van der Waals surface area contributed by atoms with Gasteiger partial charge < -0.3 is 16.3 Å². The molecule has 2 rings (SSSR count). The number of anilines is 1. The van der Waals surface area contributed by atoms with Crippen molar-refractivity contribution in [2.45, 2.75) is 0 Å². The van der Waals surface area contributed by atoms with E-state index in [0.717, 1.165) is 0 Å².